The Morgan fingerprint density at radius 3 is 3.00 bits per heavy atom. The molecule has 0 aliphatic carbocycles. The van der Waals surface area contributed by atoms with Crippen molar-refractivity contribution < 1.29 is 8.78 Å². The number of pyridine rings is 1. The van der Waals surface area contributed by atoms with Gasteiger partial charge in [0.15, 0.2) is 0 Å². The lowest BCUT2D eigenvalue weighted by molar-refractivity contribution is 0.123. The number of hydrogen-bond donors (Lipinski definition) is 0. The molecule has 0 radical (unpaired) electrons. The van der Waals surface area contributed by atoms with Crippen molar-refractivity contribution in [1.82, 2.24) is 14.8 Å². The van der Waals surface area contributed by atoms with Crippen LogP contribution in [0.3, 0.4) is 0 Å². The predicted octanol–water partition coefficient (Wildman–Crippen LogP) is 1.70. The maximum absolute atomic E-state index is 12.0. The van der Waals surface area contributed by atoms with Crippen LogP contribution in [0.15, 0.2) is 24.7 Å². The fourth-order valence-electron chi connectivity index (χ4n) is 1.20. The number of fused-ring (bicyclic) bond motifs is 1. The minimum absolute atomic E-state index is 0.368. The molecule has 0 spiro atoms. The Morgan fingerprint density at radius 1 is 1.38 bits per heavy atom. The van der Waals surface area contributed by atoms with Gasteiger partial charge in [-0.2, -0.15) is 5.10 Å². The molecule has 2 rings (SSSR count). The van der Waals surface area contributed by atoms with E-state index >= 15 is 0 Å². The van der Waals surface area contributed by atoms with E-state index < -0.39 is 6.43 Å². The summed E-state index contributed by atoms with van der Waals surface area (Å²) in [6.45, 7) is -0.368. The van der Waals surface area contributed by atoms with E-state index in [1.54, 1.807) is 18.5 Å². The van der Waals surface area contributed by atoms with Crippen LogP contribution in [0.1, 0.15) is 0 Å². The highest BCUT2D eigenvalue weighted by atomic mass is 19.3. The van der Waals surface area contributed by atoms with Crippen LogP contribution < -0.4 is 0 Å². The zero-order valence-corrected chi connectivity index (χ0v) is 6.69. The van der Waals surface area contributed by atoms with Gasteiger partial charge in [-0.05, 0) is 6.07 Å². The van der Waals surface area contributed by atoms with Crippen molar-refractivity contribution in [2.24, 2.45) is 0 Å². The molecule has 0 aromatic carbocycles. The second-order valence-corrected chi connectivity index (χ2v) is 2.65. The van der Waals surface area contributed by atoms with Gasteiger partial charge in [0, 0.05) is 17.8 Å². The second-order valence-electron chi connectivity index (χ2n) is 2.65. The van der Waals surface area contributed by atoms with Crippen molar-refractivity contribution in [3.63, 3.8) is 0 Å². The Hall–Kier alpha value is -1.52. The Bertz CT molecular complexity index is 410. The highest BCUT2D eigenvalue weighted by Crippen LogP contribution is 2.12. The second kappa shape index (κ2) is 3.08. The van der Waals surface area contributed by atoms with E-state index in [4.69, 9.17) is 0 Å². The average Bonchev–Trinajstić information content (AvgIpc) is 2.48. The van der Waals surface area contributed by atoms with Crippen LogP contribution in [0, 0.1) is 0 Å². The van der Waals surface area contributed by atoms with Gasteiger partial charge in [0.05, 0.1) is 11.7 Å². The monoisotopic (exact) mass is 183 g/mol. The summed E-state index contributed by atoms with van der Waals surface area (Å²) in [5.74, 6) is 0. The fraction of sp³-hybridized carbons (Fsp3) is 0.250. The quantitative estimate of drug-likeness (QED) is 0.709. The molecule has 0 aliphatic rings. The topological polar surface area (TPSA) is 30.7 Å². The lowest BCUT2D eigenvalue weighted by atomic mass is 10.3. The standard InChI is InChI=1S/C8H7F2N3/c9-8(10)5-13-7-1-2-11-3-6(7)4-12-13/h1-4,8H,5H2. The molecule has 5 heteroatoms. The molecule has 0 saturated heterocycles. The van der Waals surface area contributed by atoms with Crippen molar-refractivity contribution >= 4 is 10.9 Å². The third-order valence-corrected chi connectivity index (χ3v) is 1.75. The van der Waals surface area contributed by atoms with Crippen LogP contribution in [0.25, 0.3) is 10.9 Å². The van der Waals surface area contributed by atoms with E-state index in [2.05, 4.69) is 10.1 Å². The third-order valence-electron chi connectivity index (χ3n) is 1.75. The van der Waals surface area contributed by atoms with Crippen LogP contribution in [0.2, 0.25) is 0 Å². The van der Waals surface area contributed by atoms with E-state index in [0.29, 0.717) is 5.52 Å². The molecule has 68 valence electrons. The first-order valence-corrected chi connectivity index (χ1v) is 3.81. The molecule has 0 N–H and O–H groups in total. The summed E-state index contributed by atoms with van der Waals surface area (Å²) in [5, 5.41) is 4.61. The first kappa shape index (κ1) is 8.10. The number of halogens is 2. The third kappa shape index (κ3) is 1.49. The summed E-state index contributed by atoms with van der Waals surface area (Å²) in [7, 11) is 0. The van der Waals surface area contributed by atoms with Gasteiger partial charge in [0.2, 0.25) is 0 Å². The Labute approximate surface area is 73.0 Å². The van der Waals surface area contributed by atoms with Crippen molar-refractivity contribution in [1.29, 1.82) is 0 Å². The molecule has 3 nitrogen and oxygen atoms in total. The van der Waals surface area contributed by atoms with E-state index in [1.807, 2.05) is 0 Å². The Balaban J connectivity index is 2.46. The van der Waals surface area contributed by atoms with Gasteiger partial charge in [0.25, 0.3) is 6.43 Å². The smallest absolute Gasteiger partial charge is 0.257 e. The minimum Gasteiger partial charge on any atom is -0.264 e. The lowest BCUT2D eigenvalue weighted by Crippen LogP contribution is -2.07. The molecule has 0 fully saturated rings. The minimum atomic E-state index is -2.38. The molecule has 2 heterocycles. The Morgan fingerprint density at radius 2 is 2.23 bits per heavy atom. The Kier molecular flexibility index (Phi) is 1.92. The van der Waals surface area contributed by atoms with Crippen molar-refractivity contribution in [3.8, 4) is 0 Å². The number of alkyl halides is 2. The summed E-state index contributed by atoms with van der Waals surface area (Å²) in [5.41, 5.74) is 0.690. The van der Waals surface area contributed by atoms with E-state index in [0.717, 1.165) is 5.39 Å². The zero-order valence-electron chi connectivity index (χ0n) is 6.69. The van der Waals surface area contributed by atoms with Crippen molar-refractivity contribution in [3.05, 3.63) is 24.7 Å². The zero-order chi connectivity index (χ0) is 9.26. The predicted molar refractivity (Wildman–Crippen MR) is 43.5 cm³/mol. The largest absolute Gasteiger partial charge is 0.264 e. The van der Waals surface area contributed by atoms with Crippen molar-refractivity contribution in [2.45, 2.75) is 13.0 Å². The van der Waals surface area contributed by atoms with Gasteiger partial charge in [-0.3, -0.25) is 9.67 Å². The molecule has 0 amide bonds. The molecule has 0 saturated carbocycles. The van der Waals surface area contributed by atoms with Gasteiger partial charge in [-0.25, -0.2) is 8.78 Å². The van der Waals surface area contributed by atoms with E-state index in [1.165, 1.54) is 10.9 Å². The summed E-state index contributed by atoms with van der Waals surface area (Å²) in [4.78, 5) is 3.86. The van der Waals surface area contributed by atoms with Gasteiger partial charge >= 0.3 is 0 Å². The number of hydrogen-bond acceptors (Lipinski definition) is 2. The highest BCUT2D eigenvalue weighted by molar-refractivity contribution is 5.77. The van der Waals surface area contributed by atoms with Gasteiger partial charge < -0.3 is 0 Å². The van der Waals surface area contributed by atoms with Gasteiger partial charge in [-0.1, -0.05) is 0 Å². The maximum Gasteiger partial charge on any atom is 0.257 e. The normalized spacial score (nSPS) is 11.3. The van der Waals surface area contributed by atoms with Gasteiger partial charge in [0.1, 0.15) is 6.54 Å². The maximum atomic E-state index is 12.0. The van der Waals surface area contributed by atoms with Crippen molar-refractivity contribution in [2.75, 3.05) is 0 Å². The molecule has 13 heavy (non-hydrogen) atoms. The highest BCUT2D eigenvalue weighted by Gasteiger charge is 2.07. The van der Waals surface area contributed by atoms with Crippen LogP contribution >= 0.6 is 0 Å². The fourth-order valence-corrected chi connectivity index (χ4v) is 1.20. The van der Waals surface area contributed by atoms with Crippen LogP contribution in [0.4, 0.5) is 8.78 Å². The van der Waals surface area contributed by atoms with Gasteiger partial charge in [-0.15, -0.1) is 0 Å². The molecule has 2 aromatic rings. The molecular weight excluding hydrogens is 176 g/mol. The average molecular weight is 183 g/mol. The number of nitrogens with zero attached hydrogens (tertiary/aromatic N) is 3. The van der Waals surface area contributed by atoms with Crippen LogP contribution in [-0.4, -0.2) is 21.2 Å². The van der Waals surface area contributed by atoms with E-state index in [9.17, 15) is 8.78 Å². The van der Waals surface area contributed by atoms with E-state index in [-0.39, 0.29) is 6.54 Å². The van der Waals surface area contributed by atoms with Crippen LogP contribution in [-0.2, 0) is 6.54 Å². The molecule has 0 atom stereocenters. The molecule has 0 bridgehead atoms. The first-order valence-electron chi connectivity index (χ1n) is 3.81. The summed E-state index contributed by atoms with van der Waals surface area (Å²) in [6, 6.07) is 1.67. The first-order chi connectivity index (χ1) is 6.27. The molecule has 0 aliphatic heterocycles. The lowest BCUT2D eigenvalue weighted by Gasteiger charge is -2.00. The molecular formula is C8H7F2N3. The summed E-state index contributed by atoms with van der Waals surface area (Å²) in [6.07, 6.45) is 2.32. The van der Waals surface area contributed by atoms with Crippen LogP contribution in [0.5, 0.6) is 0 Å². The molecule has 0 unspecified atom stereocenters. The number of aromatic nitrogens is 3. The number of rotatable bonds is 2. The summed E-state index contributed by atoms with van der Waals surface area (Å²) >= 11 is 0. The SMILES string of the molecule is FC(F)Cn1ncc2cnccc21. The molecule has 2 aromatic heterocycles. The summed E-state index contributed by atoms with van der Waals surface area (Å²) < 4.78 is 25.4.